The lowest BCUT2D eigenvalue weighted by molar-refractivity contribution is -0.139. The van der Waals surface area contributed by atoms with Gasteiger partial charge in [-0.05, 0) is 38.5 Å². The summed E-state index contributed by atoms with van der Waals surface area (Å²) in [5, 5.41) is 15.2. The lowest BCUT2D eigenvalue weighted by Gasteiger charge is -2.28. The van der Waals surface area contributed by atoms with Crippen molar-refractivity contribution >= 4 is 23.6 Å². The lowest BCUT2D eigenvalue weighted by Crippen LogP contribution is -2.45. The summed E-state index contributed by atoms with van der Waals surface area (Å²) in [7, 11) is 0. The molecule has 24 heavy (non-hydrogen) atoms. The van der Waals surface area contributed by atoms with Gasteiger partial charge in [0.25, 0.3) is 0 Å². The Hall–Kier alpha value is -2.41. The van der Waals surface area contributed by atoms with Crippen molar-refractivity contribution < 1.29 is 24.2 Å². The number of allylic oxidation sites excluding steroid dienone is 1. The summed E-state index contributed by atoms with van der Waals surface area (Å²) in [4.78, 5) is 24.1. The van der Waals surface area contributed by atoms with Crippen molar-refractivity contribution in [1.82, 2.24) is 10.6 Å². The Kier molecular flexibility index (Phi) is 5.56. The van der Waals surface area contributed by atoms with Gasteiger partial charge in [-0.3, -0.25) is 0 Å². The normalized spacial score (nSPS) is 17.2. The maximum Gasteiger partial charge on any atom is 0.338 e. The van der Waals surface area contributed by atoms with Crippen LogP contribution < -0.4 is 15.4 Å². The number of aromatic hydroxyl groups is 1. The number of nitrogens with one attached hydrogen (secondary N) is 2. The third-order valence-corrected chi connectivity index (χ3v) is 3.74. The molecule has 7 nitrogen and oxygen atoms in total. The van der Waals surface area contributed by atoms with E-state index in [2.05, 4.69) is 10.6 Å². The number of carbonyl (C=O) groups excluding carboxylic acids is 2. The molecule has 2 amide bonds. The van der Waals surface area contributed by atoms with Crippen LogP contribution in [0.15, 0.2) is 23.4 Å². The third kappa shape index (κ3) is 3.56. The van der Waals surface area contributed by atoms with Crippen molar-refractivity contribution in [3.63, 3.8) is 0 Å². The van der Waals surface area contributed by atoms with Crippen LogP contribution in [0.25, 0.3) is 0 Å². The largest absolute Gasteiger partial charge is 0.503 e. The minimum atomic E-state index is -0.768. The highest BCUT2D eigenvalue weighted by Crippen LogP contribution is 2.39. The second kappa shape index (κ2) is 7.44. The van der Waals surface area contributed by atoms with Crippen molar-refractivity contribution in [2.24, 2.45) is 0 Å². The van der Waals surface area contributed by atoms with Crippen molar-refractivity contribution in [1.29, 1.82) is 0 Å². The number of esters is 1. The van der Waals surface area contributed by atoms with Crippen molar-refractivity contribution in [3.05, 3.63) is 34.0 Å². The van der Waals surface area contributed by atoms with Crippen LogP contribution in [0, 0.1) is 0 Å². The van der Waals surface area contributed by atoms with E-state index in [9.17, 15) is 14.7 Å². The number of carbonyl (C=O) groups is 2. The molecule has 0 aromatic heterocycles. The van der Waals surface area contributed by atoms with Gasteiger partial charge < -0.3 is 25.2 Å². The van der Waals surface area contributed by atoms with Gasteiger partial charge in [0.15, 0.2) is 11.5 Å². The van der Waals surface area contributed by atoms with E-state index in [1.54, 1.807) is 20.8 Å². The maximum atomic E-state index is 12.3. The summed E-state index contributed by atoms with van der Waals surface area (Å²) in [6, 6.07) is 1.79. The van der Waals surface area contributed by atoms with E-state index in [-0.39, 0.29) is 28.7 Å². The summed E-state index contributed by atoms with van der Waals surface area (Å²) in [5.41, 5.74) is 1.16. The highest BCUT2D eigenvalue weighted by molar-refractivity contribution is 6.32. The van der Waals surface area contributed by atoms with E-state index < -0.39 is 18.0 Å². The highest BCUT2D eigenvalue weighted by atomic mass is 35.5. The zero-order valence-corrected chi connectivity index (χ0v) is 14.4. The Morgan fingerprint density at radius 3 is 2.67 bits per heavy atom. The molecule has 0 saturated heterocycles. The molecule has 0 radical (unpaired) electrons. The van der Waals surface area contributed by atoms with Crippen LogP contribution >= 0.6 is 11.6 Å². The summed E-state index contributed by atoms with van der Waals surface area (Å²) in [5.74, 6) is -0.566. The van der Waals surface area contributed by atoms with Crippen molar-refractivity contribution in [3.8, 4) is 11.5 Å². The molecule has 0 aliphatic carbocycles. The van der Waals surface area contributed by atoms with Crippen LogP contribution in [-0.4, -0.2) is 30.3 Å². The van der Waals surface area contributed by atoms with E-state index in [4.69, 9.17) is 21.1 Å². The molecule has 1 atom stereocenters. The van der Waals surface area contributed by atoms with Crippen LogP contribution in [0.3, 0.4) is 0 Å². The van der Waals surface area contributed by atoms with Crippen LogP contribution in [0.5, 0.6) is 11.5 Å². The molecule has 0 spiro atoms. The summed E-state index contributed by atoms with van der Waals surface area (Å²) >= 11 is 6.04. The van der Waals surface area contributed by atoms with E-state index in [0.717, 1.165) is 0 Å². The number of phenols is 1. The SMILES string of the molecule is CCOC(=O)C1=C(C)NC(=O)N[C@H]1c1cc(Cl)c(O)c(OCC)c1. The molecule has 0 unspecified atom stereocenters. The second-order valence-electron chi connectivity index (χ2n) is 5.07. The van der Waals surface area contributed by atoms with Crippen LogP contribution in [-0.2, 0) is 9.53 Å². The molecule has 0 bridgehead atoms. The van der Waals surface area contributed by atoms with Crippen molar-refractivity contribution in [2.45, 2.75) is 26.8 Å². The minimum absolute atomic E-state index is 0.0598. The van der Waals surface area contributed by atoms with Gasteiger partial charge in [-0.2, -0.15) is 0 Å². The monoisotopic (exact) mass is 354 g/mol. The van der Waals surface area contributed by atoms with Gasteiger partial charge >= 0.3 is 12.0 Å². The summed E-state index contributed by atoms with van der Waals surface area (Å²) < 4.78 is 10.4. The first-order valence-corrected chi connectivity index (χ1v) is 7.87. The molecule has 1 heterocycles. The number of ether oxygens (including phenoxy) is 2. The number of hydrogen-bond acceptors (Lipinski definition) is 5. The molecule has 130 valence electrons. The molecular formula is C16H19ClN2O5. The van der Waals surface area contributed by atoms with Crippen LogP contribution in [0.2, 0.25) is 5.02 Å². The van der Waals surface area contributed by atoms with Crippen molar-refractivity contribution in [2.75, 3.05) is 13.2 Å². The summed E-state index contributed by atoms with van der Waals surface area (Å²) in [6.07, 6.45) is 0. The van der Waals surface area contributed by atoms with Crippen LogP contribution in [0.1, 0.15) is 32.4 Å². The molecular weight excluding hydrogens is 336 g/mol. The quantitative estimate of drug-likeness (QED) is 0.706. The molecule has 0 saturated carbocycles. The average Bonchev–Trinajstić information content (AvgIpc) is 2.51. The number of rotatable bonds is 5. The van der Waals surface area contributed by atoms with Crippen LogP contribution in [0.4, 0.5) is 4.79 Å². The predicted octanol–water partition coefficient (Wildman–Crippen LogP) is 2.64. The molecule has 1 aliphatic heterocycles. The predicted molar refractivity (Wildman–Crippen MR) is 88.0 cm³/mol. The van der Waals surface area contributed by atoms with E-state index in [1.165, 1.54) is 12.1 Å². The van der Waals surface area contributed by atoms with Gasteiger partial charge in [0.05, 0.1) is 29.9 Å². The minimum Gasteiger partial charge on any atom is -0.503 e. The van der Waals surface area contributed by atoms with Gasteiger partial charge in [-0.1, -0.05) is 11.6 Å². The Balaban J connectivity index is 2.53. The van der Waals surface area contributed by atoms with E-state index >= 15 is 0 Å². The Labute approximate surface area is 144 Å². The second-order valence-corrected chi connectivity index (χ2v) is 5.48. The lowest BCUT2D eigenvalue weighted by atomic mass is 9.95. The van der Waals surface area contributed by atoms with E-state index in [1.807, 2.05) is 0 Å². The first-order valence-electron chi connectivity index (χ1n) is 7.49. The smallest absolute Gasteiger partial charge is 0.338 e. The number of halogens is 1. The number of amides is 2. The number of hydrogen-bond donors (Lipinski definition) is 3. The zero-order valence-electron chi connectivity index (χ0n) is 13.6. The standard InChI is InChI=1S/C16H19ClN2O5/c1-4-23-11-7-9(6-10(17)14(11)20)13-12(15(21)24-5-2)8(3)18-16(22)19-13/h6-7,13,20H,4-5H2,1-3H3,(H2,18,19,22)/t13-/m0/s1. The Morgan fingerprint density at radius 2 is 2.04 bits per heavy atom. The number of urea groups is 1. The van der Waals surface area contributed by atoms with Gasteiger partial charge in [0.2, 0.25) is 0 Å². The number of phenolic OH excluding ortho intramolecular Hbond substituents is 1. The fourth-order valence-electron chi connectivity index (χ4n) is 2.45. The molecule has 1 aromatic rings. The molecule has 2 rings (SSSR count). The molecule has 0 fully saturated rings. The average molecular weight is 355 g/mol. The molecule has 1 aliphatic rings. The van der Waals surface area contributed by atoms with Gasteiger partial charge in [0.1, 0.15) is 0 Å². The molecule has 8 heteroatoms. The first kappa shape index (κ1) is 17.9. The Bertz CT molecular complexity index is 702. The molecule has 3 N–H and O–H groups in total. The maximum absolute atomic E-state index is 12.3. The highest BCUT2D eigenvalue weighted by Gasteiger charge is 2.33. The first-order chi connectivity index (χ1) is 11.4. The number of benzene rings is 1. The zero-order chi connectivity index (χ0) is 17.9. The Morgan fingerprint density at radius 1 is 1.33 bits per heavy atom. The third-order valence-electron chi connectivity index (χ3n) is 3.45. The fraction of sp³-hybridized carbons (Fsp3) is 0.375. The van der Waals surface area contributed by atoms with Gasteiger partial charge in [0, 0.05) is 5.70 Å². The van der Waals surface area contributed by atoms with E-state index in [0.29, 0.717) is 17.9 Å². The van der Waals surface area contributed by atoms with Gasteiger partial charge in [-0.25, -0.2) is 9.59 Å². The summed E-state index contributed by atoms with van der Waals surface area (Å²) in [6.45, 7) is 5.61. The molecule has 1 aromatic carbocycles. The fourth-order valence-corrected chi connectivity index (χ4v) is 2.67. The van der Waals surface area contributed by atoms with Gasteiger partial charge in [-0.15, -0.1) is 0 Å². The topological polar surface area (TPSA) is 96.9 Å².